The summed E-state index contributed by atoms with van der Waals surface area (Å²) in [5, 5.41) is 11.4. The number of carbonyl (C=O) groups excluding carboxylic acids is 1. The van der Waals surface area contributed by atoms with Gasteiger partial charge in [-0.15, -0.1) is 0 Å². The minimum Gasteiger partial charge on any atom is -0.493 e. The molecule has 1 heterocycles. The minimum atomic E-state index is -4.19. The highest BCUT2D eigenvalue weighted by Gasteiger charge is 2.23. The fourth-order valence-corrected chi connectivity index (χ4v) is 3.16. The Morgan fingerprint density at radius 1 is 1.20 bits per heavy atom. The zero-order valence-corrected chi connectivity index (χ0v) is 13.8. The van der Waals surface area contributed by atoms with Crippen LogP contribution in [0.1, 0.15) is 5.56 Å². The number of benzene rings is 2. The Balaban J connectivity index is 1.94. The maximum atomic E-state index is 12.5. The maximum absolute atomic E-state index is 12.5. The van der Waals surface area contributed by atoms with E-state index in [9.17, 15) is 13.2 Å². The van der Waals surface area contributed by atoms with E-state index in [1.54, 1.807) is 0 Å². The molecule has 128 valence electrons. The number of hydrogen-bond acceptors (Lipinski definition) is 7. The van der Waals surface area contributed by atoms with Crippen LogP contribution < -0.4 is 19.0 Å². The quantitative estimate of drug-likeness (QED) is 0.825. The van der Waals surface area contributed by atoms with Gasteiger partial charge in [0.05, 0.1) is 24.4 Å². The first-order valence-corrected chi connectivity index (χ1v) is 8.43. The monoisotopic (exact) mass is 360 g/mol. The second kappa shape index (κ2) is 6.33. The van der Waals surface area contributed by atoms with Gasteiger partial charge in [0.2, 0.25) is 0 Å². The summed E-state index contributed by atoms with van der Waals surface area (Å²) in [5.41, 5.74) is 0.544. The number of nitrogens with one attached hydrogen (secondary N) is 1. The van der Waals surface area contributed by atoms with Crippen molar-refractivity contribution >= 4 is 21.7 Å². The number of fused-ring (bicyclic) bond motifs is 1. The number of amides is 1. The lowest BCUT2D eigenvalue weighted by Gasteiger charge is -2.18. The van der Waals surface area contributed by atoms with Crippen LogP contribution in [-0.2, 0) is 14.9 Å². The van der Waals surface area contributed by atoms with E-state index in [0.29, 0.717) is 11.3 Å². The number of methoxy groups -OCH3 is 1. The lowest BCUT2D eigenvalue weighted by molar-refractivity contribution is -0.118. The van der Waals surface area contributed by atoms with Gasteiger partial charge in [0.15, 0.2) is 18.1 Å². The first-order chi connectivity index (χ1) is 11.9. The smallest absolute Gasteiger partial charge is 0.339 e. The molecule has 0 fully saturated rings. The molecule has 0 unspecified atom stereocenters. The predicted molar refractivity (Wildman–Crippen MR) is 86.1 cm³/mol. The predicted octanol–water partition coefficient (Wildman–Crippen LogP) is 1.67. The van der Waals surface area contributed by atoms with E-state index >= 15 is 0 Å². The largest absolute Gasteiger partial charge is 0.493 e. The molecule has 0 radical (unpaired) electrons. The molecule has 2 aromatic rings. The molecule has 1 N–H and O–H groups in total. The molecule has 1 amide bonds. The van der Waals surface area contributed by atoms with Crippen LogP contribution in [0.5, 0.6) is 17.2 Å². The Kier molecular flexibility index (Phi) is 4.21. The van der Waals surface area contributed by atoms with Crippen LogP contribution in [0.4, 0.5) is 5.69 Å². The molecular formula is C16H12N2O6S. The molecule has 1 aliphatic heterocycles. The van der Waals surface area contributed by atoms with Crippen molar-refractivity contribution in [1.29, 1.82) is 5.26 Å². The lowest BCUT2D eigenvalue weighted by Crippen LogP contribution is -2.25. The molecule has 3 rings (SSSR count). The zero-order chi connectivity index (χ0) is 18.0. The molecule has 25 heavy (non-hydrogen) atoms. The van der Waals surface area contributed by atoms with Gasteiger partial charge in [0.1, 0.15) is 10.6 Å². The van der Waals surface area contributed by atoms with Crippen LogP contribution >= 0.6 is 0 Å². The molecule has 0 saturated heterocycles. The number of nitrogens with zero attached hydrogens (tertiary/aromatic N) is 1. The van der Waals surface area contributed by atoms with Gasteiger partial charge in [-0.3, -0.25) is 4.79 Å². The molecule has 0 aliphatic carbocycles. The summed E-state index contributed by atoms with van der Waals surface area (Å²) in [7, 11) is -2.85. The third kappa shape index (κ3) is 3.34. The second-order valence-corrected chi connectivity index (χ2v) is 6.56. The summed E-state index contributed by atoms with van der Waals surface area (Å²) < 4.78 is 40.3. The molecule has 9 heteroatoms. The second-order valence-electron chi connectivity index (χ2n) is 5.01. The van der Waals surface area contributed by atoms with Crippen LogP contribution in [0.15, 0.2) is 41.3 Å². The van der Waals surface area contributed by atoms with Crippen LogP contribution in [-0.4, -0.2) is 28.0 Å². The highest BCUT2D eigenvalue weighted by atomic mass is 32.2. The molecule has 8 nitrogen and oxygen atoms in total. The van der Waals surface area contributed by atoms with E-state index < -0.39 is 10.1 Å². The normalized spacial score (nSPS) is 13.0. The van der Waals surface area contributed by atoms with Gasteiger partial charge in [-0.05, 0) is 30.3 Å². The highest BCUT2D eigenvalue weighted by Crippen LogP contribution is 2.33. The SMILES string of the molecule is COc1cc(C#N)ccc1OS(=O)(=O)c1ccc2c(c1)NC(=O)CO2. The summed E-state index contributed by atoms with van der Waals surface area (Å²) in [5.74, 6) is 0.0444. The van der Waals surface area contributed by atoms with Gasteiger partial charge < -0.3 is 19.0 Å². The number of carbonyl (C=O) groups is 1. The van der Waals surface area contributed by atoms with E-state index in [1.165, 1.54) is 43.5 Å². The average Bonchev–Trinajstić information content (AvgIpc) is 2.61. The van der Waals surface area contributed by atoms with E-state index in [1.807, 2.05) is 6.07 Å². The van der Waals surface area contributed by atoms with Gasteiger partial charge in [0.25, 0.3) is 5.91 Å². The lowest BCUT2D eigenvalue weighted by atomic mass is 10.2. The van der Waals surface area contributed by atoms with Crippen LogP contribution in [0.3, 0.4) is 0 Å². The van der Waals surface area contributed by atoms with Crippen LogP contribution in [0.2, 0.25) is 0 Å². The summed E-state index contributed by atoms with van der Waals surface area (Å²) in [4.78, 5) is 11.2. The Labute approximate surface area is 143 Å². The Hall–Kier alpha value is -3.25. The first kappa shape index (κ1) is 16.6. The third-order valence-corrected chi connectivity index (χ3v) is 4.60. The summed E-state index contributed by atoms with van der Waals surface area (Å²) in [6.07, 6.45) is 0. The van der Waals surface area contributed by atoms with Crippen molar-refractivity contribution in [1.82, 2.24) is 0 Å². The van der Waals surface area contributed by atoms with E-state index in [2.05, 4.69) is 5.32 Å². The van der Waals surface area contributed by atoms with Gasteiger partial charge >= 0.3 is 10.1 Å². The van der Waals surface area contributed by atoms with Crippen molar-refractivity contribution in [3.63, 3.8) is 0 Å². The fourth-order valence-electron chi connectivity index (χ4n) is 2.19. The number of rotatable bonds is 4. The first-order valence-electron chi connectivity index (χ1n) is 7.02. The number of ether oxygens (including phenoxy) is 2. The minimum absolute atomic E-state index is 0.0560. The molecule has 2 aromatic carbocycles. The van der Waals surface area contributed by atoms with Crippen LogP contribution in [0, 0.1) is 11.3 Å². The topological polar surface area (TPSA) is 115 Å². The molecule has 0 saturated carbocycles. The van der Waals surface area contributed by atoms with E-state index in [4.69, 9.17) is 18.9 Å². The van der Waals surface area contributed by atoms with E-state index in [0.717, 1.165) is 0 Å². The maximum Gasteiger partial charge on any atom is 0.339 e. The zero-order valence-electron chi connectivity index (χ0n) is 13.0. The van der Waals surface area contributed by atoms with Crippen LogP contribution in [0.25, 0.3) is 0 Å². The van der Waals surface area contributed by atoms with Gasteiger partial charge in [-0.2, -0.15) is 13.7 Å². The molecule has 0 bridgehead atoms. The Bertz CT molecular complexity index is 994. The average molecular weight is 360 g/mol. The third-order valence-electron chi connectivity index (χ3n) is 3.36. The van der Waals surface area contributed by atoms with Gasteiger partial charge in [-0.1, -0.05) is 0 Å². The molecule has 1 aliphatic rings. The van der Waals surface area contributed by atoms with Crippen molar-refractivity contribution in [3.8, 4) is 23.3 Å². The van der Waals surface area contributed by atoms with Crippen molar-refractivity contribution in [2.24, 2.45) is 0 Å². The fraction of sp³-hybridized carbons (Fsp3) is 0.125. The van der Waals surface area contributed by atoms with E-state index in [-0.39, 0.29) is 34.6 Å². The molecule has 0 spiro atoms. The number of anilines is 1. The summed E-state index contributed by atoms with van der Waals surface area (Å²) >= 11 is 0. The Morgan fingerprint density at radius 2 is 2.00 bits per heavy atom. The summed E-state index contributed by atoms with van der Waals surface area (Å²) in [6.45, 7) is -0.127. The molecular weight excluding hydrogens is 348 g/mol. The highest BCUT2D eigenvalue weighted by molar-refractivity contribution is 7.87. The molecule has 0 atom stereocenters. The standard InChI is InChI=1S/C16H12N2O6S/c1-22-15-6-10(8-17)2-4-14(15)24-25(20,21)11-3-5-13-12(7-11)18-16(19)9-23-13/h2-7H,9H2,1H3,(H,18,19). The van der Waals surface area contributed by atoms with Crippen molar-refractivity contribution < 1.29 is 26.9 Å². The summed E-state index contributed by atoms with van der Waals surface area (Å²) in [6, 6.07) is 10.0. The van der Waals surface area contributed by atoms with Gasteiger partial charge in [-0.25, -0.2) is 0 Å². The van der Waals surface area contributed by atoms with Crippen molar-refractivity contribution in [3.05, 3.63) is 42.0 Å². The Morgan fingerprint density at radius 3 is 2.72 bits per heavy atom. The van der Waals surface area contributed by atoms with Gasteiger partial charge in [0, 0.05) is 6.07 Å². The van der Waals surface area contributed by atoms with Crippen molar-refractivity contribution in [2.75, 3.05) is 19.0 Å². The number of hydrogen-bond donors (Lipinski definition) is 1. The van der Waals surface area contributed by atoms with Crippen molar-refractivity contribution in [2.45, 2.75) is 4.90 Å². The molecule has 0 aromatic heterocycles. The number of nitriles is 1.